The van der Waals surface area contributed by atoms with Gasteiger partial charge >= 0.3 is 5.97 Å². The molecule has 3 aliphatic rings. The topological polar surface area (TPSA) is 35.5 Å². The van der Waals surface area contributed by atoms with E-state index in [1.807, 2.05) is 19.1 Å². The molecule has 0 heterocycles. The molecule has 3 saturated carbocycles. The summed E-state index contributed by atoms with van der Waals surface area (Å²) in [4.78, 5) is 13.2. The summed E-state index contributed by atoms with van der Waals surface area (Å²) in [5, 5.41) is 0. The minimum absolute atomic E-state index is 0.0549. The average Bonchev–Trinajstić information content (AvgIpc) is 2.90. The zero-order valence-electron chi connectivity index (χ0n) is 22.3. The Balaban J connectivity index is 1.28. The molecule has 0 amide bonds. The van der Waals surface area contributed by atoms with Crippen molar-refractivity contribution in [1.29, 1.82) is 0 Å². The van der Waals surface area contributed by atoms with Crippen LogP contribution in [0, 0.1) is 41.3 Å². The molecule has 4 rings (SSSR count). The second-order valence-electron chi connectivity index (χ2n) is 11.4. The van der Waals surface area contributed by atoms with Crippen molar-refractivity contribution in [3.63, 3.8) is 0 Å². The van der Waals surface area contributed by atoms with Crippen LogP contribution in [0.15, 0.2) is 42.5 Å². The maximum Gasteiger partial charge on any atom is 0.314 e. The van der Waals surface area contributed by atoms with E-state index in [-0.39, 0.29) is 23.4 Å². The maximum atomic E-state index is 14.4. The minimum Gasteiger partial charge on any atom is -0.486 e. The summed E-state index contributed by atoms with van der Waals surface area (Å²) >= 11 is 0. The number of benzene rings is 1. The number of hydrogen-bond acceptors (Lipinski definition) is 3. The second-order valence-corrected chi connectivity index (χ2v) is 11.4. The van der Waals surface area contributed by atoms with Crippen molar-refractivity contribution >= 4 is 5.97 Å². The van der Waals surface area contributed by atoms with Gasteiger partial charge in [0.15, 0.2) is 11.6 Å². The molecule has 36 heavy (non-hydrogen) atoms. The van der Waals surface area contributed by atoms with Crippen molar-refractivity contribution in [2.24, 2.45) is 35.5 Å². The van der Waals surface area contributed by atoms with Gasteiger partial charge in [0.05, 0.1) is 5.92 Å². The van der Waals surface area contributed by atoms with E-state index in [1.54, 1.807) is 12.1 Å². The predicted molar refractivity (Wildman–Crippen MR) is 144 cm³/mol. The number of halogens is 1. The fourth-order valence-corrected chi connectivity index (χ4v) is 7.26. The molecule has 0 aliphatic heterocycles. The van der Waals surface area contributed by atoms with Gasteiger partial charge in [-0.2, -0.15) is 0 Å². The van der Waals surface area contributed by atoms with Gasteiger partial charge in [-0.1, -0.05) is 50.0 Å². The molecule has 4 heteroatoms. The third-order valence-corrected chi connectivity index (χ3v) is 9.22. The number of rotatable bonds is 9. The van der Waals surface area contributed by atoms with Crippen LogP contribution in [0.3, 0.4) is 0 Å². The van der Waals surface area contributed by atoms with Crippen molar-refractivity contribution < 1.29 is 18.7 Å². The lowest BCUT2D eigenvalue weighted by atomic mass is 9.59. The van der Waals surface area contributed by atoms with Crippen LogP contribution in [0.5, 0.6) is 11.5 Å². The molecule has 1 aromatic rings. The summed E-state index contributed by atoms with van der Waals surface area (Å²) in [6, 6.07) is 4.46. The van der Waals surface area contributed by atoms with Gasteiger partial charge in [0, 0.05) is 6.07 Å². The summed E-state index contributed by atoms with van der Waals surface area (Å²) in [6.45, 7) is 4.32. The monoisotopic (exact) mass is 496 g/mol. The van der Waals surface area contributed by atoms with Gasteiger partial charge in [-0.25, -0.2) is 4.39 Å². The van der Waals surface area contributed by atoms with Crippen LogP contribution in [0.2, 0.25) is 0 Å². The number of hydrogen-bond donors (Lipinski definition) is 0. The second kappa shape index (κ2) is 13.4. The number of esters is 1. The van der Waals surface area contributed by atoms with Gasteiger partial charge in [-0.3, -0.25) is 4.79 Å². The first-order valence-corrected chi connectivity index (χ1v) is 14.4. The summed E-state index contributed by atoms with van der Waals surface area (Å²) in [5.41, 5.74) is 0. The molecular weight excluding hydrogens is 451 g/mol. The van der Waals surface area contributed by atoms with Gasteiger partial charge < -0.3 is 9.47 Å². The zero-order chi connectivity index (χ0) is 25.3. The Bertz CT molecular complexity index is 899. The number of carbonyl (C=O) groups excluding carboxylic acids is 1. The quantitative estimate of drug-likeness (QED) is 0.195. The Morgan fingerprint density at radius 2 is 1.72 bits per heavy atom. The lowest BCUT2D eigenvalue weighted by Crippen LogP contribution is -2.40. The van der Waals surface area contributed by atoms with Gasteiger partial charge in [-0.15, -0.1) is 0 Å². The number of ether oxygens (including phenoxy) is 2. The molecule has 198 valence electrons. The molecular formula is C32H45FO3. The number of allylic oxidation sites excluding steroid dienone is 3. The third kappa shape index (κ3) is 7.01. The first kappa shape index (κ1) is 26.9. The van der Waals surface area contributed by atoms with Gasteiger partial charge in [0.2, 0.25) is 0 Å². The molecule has 0 radical (unpaired) electrons. The van der Waals surface area contributed by atoms with Crippen LogP contribution < -0.4 is 9.47 Å². The lowest BCUT2D eigenvalue weighted by molar-refractivity contribution is -0.144. The molecule has 0 spiro atoms. The van der Waals surface area contributed by atoms with Crippen LogP contribution in [0.4, 0.5) is 4.39 Å². The largest absolute Gasteiger partial charge is 0.486 e. The van der Waals surface area contributed by atoms with E-state index in [2.05, 4.69) is 19.1 Å². The third-order valence-electron chi connectivity index (χ3n) is 9.22. The number of fused-ring (bicyclic) bond motifs is 1. The van der Waals surface area contributed by atoms with Crippen molar-refractivity contribution in [2.75, 3.05) is 6.61 Å². The van der Waals surface area contributed by atoms with Gasteiger partial charge in [0.25, 0.3) is 0 Å². The SMILES string of the molecule is C/C=C/CCC1CCC(C2CCC3C(CCCC3C(=O)Oc3ccc(OC/C=C/C)c(F)c3)C2)CC1. The van der Waals surface area contributed by atoms with Crippen LogP contribution in [-0.2, 0) is 4.79 Å². The van der Waals surface area contributed by atoms with Crippen LogP contribution >= 0.6 is 0 Å². The minimum atomic E-state index is -0.497. The normalized spacial score (nSPS) is 30.9. The highest BCUT2D eigenvalue weighted by Gasteiger charge is 2.43. The molecule has 3 aliphatic carbocycles. The van der Waals surface area contributed by atoms with E-state index in [9.17, 15) is 9.18 Å². The first-order chi connectivity index (χ1) is 17.6. The molecule has 0 aromatic heterocycles. The van der Waals surface area contributed by atoms with Crippen molar-refractivity contribution in [2.45, 2.75) is 90.9 Å². The Labute approximate surface area is 217 Å². The van der Waals surface area contributed by atoms with E-state index in [1.165, 1.54) is 63.9 Å². The molecule has 3 fully saturated rings. The van der Waals surface area contributed by atoms with E-state index in [0.29, 0.717) is 18.4 Å². The predicted octanol–water partition coefficient (Wildman–Crippen LogP) is 8.68. The Hall–Kier alpha value is -2.10. The molecule has 0 bridgehead atoms. The lowest BCUT2D eigenvalue weighted by Gasteiger charge is -2.46. The molecule has 1 aromatic carbocycles. The van der Waals surface area contributed by atoms with Crippen LogP contribution in [0.25, 0.3) is 0 Å². The fraction of sp³-hybridized carbons (Fsp3) is 0.656. The number of carbonyl (C=O) groups is 1. The average molecular weight is 497 g/mol. The Morgan fingerprint density at radius 3 is 2.47 bits per heavy atom. The van der Waals surface area contributed by atoms with E-state index in [4.69, 9.17) is 9.47 Å². The molecule has 3 nitrogen and oxygen atoms in total. The highest BCUT2D eigenvalue weighted by atomic mass is 19.1. The van der Waals surface area contributed by atoms with E-state index < -0.39 is 5.82 Å². The standard InChI is InChI=1S/C32H45FO3/c1-3-5-7-9-23-12-14-24(15-13-23)25-16-18-28-26(21-25)10-8-11-29(28)32(34)36-27-17-19-31(30(33)22-27)35-20-6-4-2/h3-6,17,19,22-26,28-29H,7-16,18,20-21H2,1-2H3/b5-3+,6-4+. The van der Waals surface area contributed by atoms with Crippen molar-refractivity contribution in [3.05, 3.63) is 48.3 Å². The Kier molecular flexibility index (Phi) is 10.1. The summed E-state index contributed by atoms with van der Waals surface area (Å²) in [7, 11) is 0. The molecule has 4 atom stereocenters. The maximum absolute atomic E-state index is 14.4. The molecule has 0 N–H and O–H groups in total. The van der Waals surface area contributed by atoms with Crippen LogP contribution in [-0.4, -0.2) is 12.6 Å². The van der Waals surface area contributed by atoms with Crippen molar-refractivity contribution in [1.82, 2.24) is 0 Å². The van der Waals surface area contributed by atoms with Gasteiger partial charge in [-0.05, 0) is 107 Å². The fourth-order valence-electron chi connectivity index (χ4n) is 7.26. The zero-order valence-corrected chi connectivity index (χ0v) is 22.3. The van der Waals surface area contributed by atoms with Crippen molar-refractivity contribution in [3.8, 4) is 11.5 Å². The van der Waals surface area contributed by atoms with Gasteiger partial charge in [0.1, 0.15) is 12.4 Å². The Morgan fingerprint density at radius 1 is 0.944 bits per heavy atom. The smallest absolute Gasteiger partial charge is 0.314 e. The molecule has 4 unspecified atom stereocenters. The highest BCUT2D eigenvalue weighted by Crippen LogP contribution is 2.50. The van der Waals surface area contributed by atoms with E-state index >= 15 is 0 Å². The first-order valence-electron chi connectivity index (χ1n) is 14.4. The molecule has 0 saturated heterocycles. The van der Waals surface area contributed by atoms with Crippen LogP contribution in [0.1, 0.15) is 90.9 Å². The highest BCUT2D eigenvalue weighted by molar-refractivity contribution is 5.75. The summed E-state index contributed by atoms with van der Waals surface area (Å²) in [6.07, 6.45) is 23.3. The summed E-state index contributed by atoms with van der Waals surface area (Å²) < 4.78 is 25.5. The summed E-state index contributed by atoms with van der Waals surface area (Å²) in [5.74, 6) is 3.43. The van der Waals surface area contributed by atoms with E-state index in [0.717, 1.165) is 37.0 Å².